The lowest BCUT2D eigenvalue weighted by atomic mass is 10.1. The molecule has 54 heavy (non-hydrogen) atoms. The van der Waals surface area contributed by atoms with E-state index in [0.717, 1.165) is 33.6 Å². The van der Waals surface area contributed by atoms with Crippen molar-refractivity contribution in [2.45, 2.75) is 23.3 Å². The van der Waals surface area contributed by atoms with Crippen molar-refractivity contribution in [1.29, 1.82) is 0 Å². The first-order valence-corrected chi connectivity index (χ1v) is 18.0. The SMILES string of the molecule is O=C1CC(S(=O)(=O)O)C(=O)N1.O=C1CC(S(=O)(=O)O)C(=O)N1.[N-]=[N+]=Nc1ccc(-c2ccc(N)cc2)cc1.[N-]=[N+]=Nc1ccc(-c2ccc(N)cc2)cc1. The number of hydrogen-bond acceptors (Lipinski definition) is 12. The van der Waals surface area contributed by atoms with Gasteiger partial charge in [-0.05, 0) is 57.6 Å². The van der Waals surface area contributed by atoms with E-state index in [-0.39, 0.29) is 0 Å². The number of nitrogens with zero attached hydrogens (tertiary/aromatic N) is 6. The summed E-state index contributed by atoms with van der Waals surface area (Å²) in [5, 5.41) is 7.31. The highest BCUT2D eigenvalue weighted by atomic mass is 32.2. The fourth-order valence-corrected chi connectivity index (χ4v) is 5.82. The van der Waals surface area contributed by atoms with E-state index >= 15 is 0 Å². The van der Waals surface area contributed by atoms with Crippen LogP contribution in [0.1, 0.15) is 12.8 Å². The van der Waals surface area contributed by atoms with Gasteiger partial charge in [-0.25, -0.2) is 0 Å². The lowest BCUT2D eigenvalue weighted by Gasteiger charge is -2.02. The number of carbonyl (C=O) groups excluding carboxylic acids is 4. The van der Waals surface area contributed by atoms with Gasteiger partial charge in [0.25, 0.3) is 20.2 Å². The Morgan fingerprint density at radius 2 is 0.796 bits per heavy atom. The van der Waals surface area contributed by atoms with E-state index in [1.165, 1.54) is 0 Å². The summed E-state index contributed by atoms with van der Waals surface area (Å²) in [5.41, 5.74) is 34.8. The second-order valence-electron chi connectivity index (χ2n) is 11.0. The normalized spacial score (nSPS) is 16.0. The van der Waals surface area contributed by atoms with Crippen LogP contribution in [-0.4, -0.2) is 60.1 Å². The van der Waals surface area contributed by atoms with Gasteiger partial charge in [-0.1, -0.05) is 83.0 Å². The Kier molecular flexibility index (Phi) is 14.4. The van der Waals surface area contributed by atoms with Gasteiger partial charge in [0.1, 0.15) is 0 Å². The molecule has 6 rings (SSSR count). The second-order valence-corrected chi connectivity index (χ2v) is 14.2. The first-order valence-electron chi connectivity index (χ1n) is 15.0. The van der Waals surface area contributed by atoms with E-state index in [1.54, 1.807) is 34.9 Å². The Hall–Kier alpha value is -6.80. The minimum Gasteiger partial charge on any atom is -0.399 e. The first-order chi connectivity index (χ1) is 25.4. The topological polar surface area (TPSA) is 351 Å². The number of rotatable bonds is 6. The Balaban J connectivity index is 0.000000197. The lowest BCUT2D eigenvalue weighted by Crippen LogP contribution is -2.30. The number of hydrogen-bond donors (Lipinski definition) is 6. The molecule has 2 atom stereocenters. The van der Waals surface area contributed by atoms with E-state index in [0.29, 0.717) is 11.4 Å². The van der Waals surface area contributed by atoms with Gasteiger partial charge < -0.3 is 11.5 Å². The zero-order chi connectivity index (χ0) is 40.1. The van der Waals surface area contributed by atoms with Crippen LogP contribution < -0.4 is 22.1 Å². The zero-order valence-electron chi connectivity index (χ0n) is 27.6. The molecular formula is C32H30N10O10S2. The Labute approximate surface area is 306 Å². The number of nitrogen functional groups attached to an aromatic ring is 2. The quantitative estimate of drug-likeness (QED) is 0.0398. The van der Waals surface area contributed by atoms with Gasteiger partial charge in [0.15, 0.2) is 10.5 Å². The Morgan fingerprint density at radius 1 is 0.537 bits per heavy atom. The van der Waals surface area contributed by atoms with Crippen molar-refractivity contribution >= 4 is 66.6 Å². The maximum atomic E-state index is 10.6. The standard InChI is InChI=1S/2C12H10N4.2C4H5NO5S/c2*13-11-5-1-9(2-6-11)10-3-7-12(8-4-10)15-16-14;2*6-3-1-2(4(7)5-3)11(8,9)10/h2*1-8H,13H2;2*2H,1H2,(H,5,6,7)(H,8,9,10). The summed E-state index contributed by atoms with van der Waals surface area (Å²) in [6.45, 7) is 0. The average Bonchev–Trinajstić information content (AvgIpc) is 3.66. The molecule has 280 valence electrons. The summed E-state index contributed by atoms with van der Waals surface area (Å²) < 4.78 is 58.1. The summed E-state index contributed by atoms with van der Waals surface area (Å²) in [7, 11) is -8.84. The number of imide groups is 2. The number of benzene rings is 4. The van der Waals surface area contributed by atoms with Gasteiger partial charge in [-0.2, -0.15) is 16.8 Å². The Bertz CT molecular complexity index is 2160. The van der Waals surface area contributed by atoms with Crippen molar-refractivity contribution in [3.05, 3.63) is 118 Å². The zero-order valence-corrected chi connectivity index (χ0v) is 29.3. The van der Waals surface area contributed by atoms with Gasteiger partial charge in [-0.3, -0.25) is 38.9 Å². The molecule has 2 saturated heterocycles. The van der Waals surface area contributed by atoms with Crippen molar-refractivity contribution in [3.8, 4) is 22.3 Å². The highest BCUT2D eigenvalue weighted by Gasteiger charge is 2.40. The predicted molar refractivity (Wildman–Crippen MR) is 196 cm³/mol. The van der Waals surface area contributed by atoms with Crippen LogP contribution in [0.15, 0.2) is 107 Å². The van der Waals surface area contributed by atoms with Crippen molar-refractivity contribution in [3.63, 3.8) is 0 Å². The molecule has 20 nitrogen and oxygen atoms in total. The van der Waals surface area contributed by atoms with Crippen molar-refractivity contribution < 1.29 is 45.1 Å². The van der Waals surface area contributed by atoms with E-state index in [4.69, 9.17) is 31.6 Å². The molecule has 22 heteroatoms. The van der Waals surface area contributed by atoms with Crippen LogP contribution in [0.3, 0.4) is 0 Å². The molecule has 0 radical (unpaired) electrons. The molecule has 8 N–H and O–H groups in total. The average molecular weight is 779 g/mol. The number of azide groups is 2. The van der Waals surface area contributed by atoms with E-state index in [2.05, 4.69) is 20.1 Å². The molecule has 0 aromatic heterocycles. The third-order valence-electron chi connectivity index (χ3n) is 7.11. The minimum atomic E-state index is -4.42. The second kappa shape index (κ2) is 18.6. The summed E-state index contributed by atoms with van der Waals surface area (Å²) in [6.07, 6.45) is -0.977. The highest BCUT2D eigenvalue weighted by molar-refractivity contribution is 7.87. The lowest BCUT2D eigenvalue weighted by molar-refractivity contribution is -0.126. The van der Waals surface area contributed by atoms with Crippen molar-refractivity contribution in [2.75, 3.05) is 11.5 Å². The molecule has 0 aliphatic carbocycles. The summed E-state index contributed by atoms with van der Waals surface area (Å²) in [5.74, 6) is -3.29. The third-order valence-corrected chi connectivity index (χ3v) is 9.31. The molecule has 2 unspecified atom stereocenters. The highest BCUT2D eigenvalue weighted by Crippen LogP contribution is 2.24. The van der Waals surface area contributed by atoms with Crippen LogP contribution in [0.4, 0.5) is 22.7 Å². The maximum Gasteiger partial charge on any atom is 0.277 e. The molecular weight excluding hydrogens is 749 g/mol. The number of carbonyl (C=O) groups is 4. The molecule has 0 bridgehead atoms. The smallest absolute Gasteiger partial charge is 0.277 e. The van der Waals surface area contributed by atoms with Gasteiger partial charge in [0.2, 0.25) is 23.6 Å². The first kappa shape index (κ1) is 41.6. The van der Waals surface area contributed by atoms with Crippen LogP contribution in [0.25, 0.3) is 43.1 Å². The number of nitrogens with one attached hydrogen (secondary N) is 2. The van der Waals surface area contributed by atoms with Crippen LogP contribution in [0.5, 0.6) is 0 Å². The van der Waals surface area contributed by atoms with Gasteiger partial charge >= 0.3 is 0 Å². The summed E-state index contributed by atoms with van der Waals surface area (Å²) in [4.78, 5) is 47.4. The van der Waals surface area contributed by atoms with E-state index in [9.17, 15) is 36.0 Å². The van der Waals surface area contributed by atoms with Crippen LogP contribution in [0, 0.1) is 0 Å². The molecule has 2 fully saturated rings. The van der Waals surface area contributed by atoms with Crippen LogP contribution >= 0.6 is 0 Å². The molecule has 2 aliphatic rings. The third kappa shape index (κ3) is 12.8. The van der Waals surface area contributed by atoms with Gasteiger partial charge in [0, 0.05) is 32.6 Å². The fraction of sp³-hybridized carbons (Fsp3) is 0.125. The van der Waals surface area contributed by atoms with Gasteiger partial charge in [0.05, 0.1) is 12.8 Å². The summed E-state index contributed by atoms with van der Waals surface area (Å²) >= 11 is 0. The summed E-state index contributed by atoms with van der Waals surface area (Å²) in [6, 6.07) is 30.0. The van der Waals surface area contributed by atoms with Crippen LogP contribution in [0.2, 0.25) is 0 Å². The molecule has 0 spiro atoms. The number of nitrogens with two attached hydrogens (primary N) is 2. The predicted octanol–water partition coefficient (Wildman–Crippen LogP) is 4.33. The van der Waals surface area contributed by atoms with Gasteiger partial charge in [-0.15, -0.1) is 0 Å². The molecule has 0 saturated carbocycles. The van der Waals surface area contributed by atoms with Crippen LogP contribution in [-0.2, 0) is 39.4 Å². The molecule has 4 amide bonds. The maximum absolute atomic E-state index is 10.6. The molecule has 2 aliphatic heterocycles. The number of amides is 4. The molecule has 4 aromatic rings. The number of anilines is 2. The fourth-order valence-electron chi connectivity index (χ4n) is 4.44. The molecule has 2 heterocycles. The molecule has 4 aromatic carbocycles. The monoisotopic (exact) mass is 778 g/mol. The van der Waals surface area contributed by atoms with Crippen molar-refractivity contribution in [1.82, 2.24) is 10.6 Å². The minimum absolute atomic E-state index is 0.488. The van der Waals surface area contributed by atoms with Crippen molar-refractivity contribution in [2.24, 2.45) is 10.2 Å². The van der Waals surface area contributed by atoms with E-state index in [1.807, 2.05) is 72.8 Å². The Morgan fingerprint density at radius 3 is 0.981 bits per heavy atom. The largest absolute Gasteiger partial charge is 0.399 e. The van der Waals surface area contributed by atoms with E-state index < -0.39 is 67.2 Å².